The Morgan fingerprint density at radius 2 is 2.07 bits per heavy atom. The molecule has 0 fully saturated rings. The largest absolute Gasteiger partial charge is 0.383 e. The lowest BCUT2D eigenvalue weighted by atomic mass is 10.0. The van der Waals surface area contributed by atoms with E-state index >= 15 is 0 Å². The summed E-state index contributed by atoms with van der Waals surface area (Å²) in [5.41, 5.74) is 10.3. The number of fused-ring (bicyclic) bond motifs is 3. The number of carbonyl (C=O) groups excluding carboxylic acids is 1. The molecule has 0 bridgehead atoms. The van der Waals surface area contributed by atoms with Gasteiger partial charge in [0.2, 0.25) is 0 Å². The topological polar surface area (TPSA) is 81.3 Å². The van der Waals surface area contributed by atoms with E-state index in [4.69, 9.17) is 22.1 Å². The monoisotopic (exact) mass is 396 g/mol. The average Bonchev–Trinajstić information content (AvgIpc) is 3.19. The van der Waals surface area contributed by atoms with Crippen LogP contribution in [0.25, 0.3) is 10.9 Å². The molecule has 28 heavy (non-hydrogen) atoms. The highest BCUT2D eigenvalue weighted by atomic mass is 35.5. The van der Waals surface area contributed by atoms with Crippen molar-refractivity contribution in [3.63, 3.8) is 0 Å². The van der Waals surface area contributed by atoms with Gasteiger partial charge in [-0.3, -0.25) is 4.79 Å². The first-order valence-electron chi connectivity index (χ1n) is 9.20. The van der Waals surface area contributed by atoms with Gasteiger partial charge in [-0.15, -0.1) is 0 Å². The van der Waals surface area contributed by atoms with Crippen LogP contribution < -0.4 is 5.73 Å². The van der Waals surface area contributed by atoms with E-state index in [1.165, 1.54) is 0 Å². The minimum atomic E-state index is -0.128. The summed E-state index contributed by atoms with van der Waals surface area (Å²) >= 11 is 5.88. The number of halogens is 1. The third-order valence-electron chi connectivity index (χ3n) is 5.28. The molecule has 1 atom stereocenters. The lowest BCUT2D eigenvalue weighted by molar-refractivity contribution is 0.0702. The van der Waals surface area contributed by atoms with Gasteiger partial charge in [-0.1, -0.05) is 17.7 Å². The highest BCUT2D eigenvalue weighted by molar-refractivity contribution is 6.29. The van der Waals surface area contributed by atoms with Crippen LogP contribution in [-0.2, 0) is 18.0 Å². The number of hydrogen-bond acceptors (Lipinski definition) is 5. The molecule has 1 amide bonds. The molecule has 7 heteroatoms. The summed E-state index contributed by atoms with van der Waals surface area (Å²) in [6, 6.07) is 9.05. The molecule has 2 N–H and O–H groups in total. The highest BCUT2D eigenvalue weighted by Gasteiger charge is 2.24. The van der Waals surface area contributed by atoms with E-state index in [1.54, 1.807) is 18.3 Å². The molecule has 3 heterocycles. The second-order valence-corrected chi connectivity index (χ2v) is 7.25. The predicted octanol–water partition coefficient (Wildman–Crippen LogP) is 4.12. The van der Waals surface area contributed by atoms with Gasteiger partial charge in [-0.2, -0.15) is 0 Å². The van der Waals surface area contributed by atoms with Crippen LogP contribution in [0.2, 0.25) is 5.15 Å². The van der Waals surface area contributed by atoms with Gasteiger partial charge < -0.3 is 15.4 Å². The normalized spacial score (nSPS) is 14.1. The molecule has 0 radical (unpaired) electrons. The molecule has 1 aliphatic rings. The molecule has 0 spiro atoms. The maximum atomic E-state index is 13.3. The Balaban J connectivity index is 1.71. The van der Waals surface area contributed by atoms with Crippen molar-refractivity contribution in [1.29, 1.82) is 0 Å². The fraction of sp³-hybridized carbons (Fsp3) is 0.286. The number of carbonyl (C=O) groups is 1. The van der Waals surface area contributed by atoms with E-state index in [2.05, 4.69) is 9.97 Å². The van der Waals surface area contributed by atoms with E-state index in [-0.39, 0.29) is 11.9 Å². The number of ether oxygens (including phenoxy) is 1. The molecule has 0 aliphatic carbocycles. The smallest absolute Gasteiger partial charge is 0.254 e. The molecule has 1 aromatic carbocycles. The van der Waals surface area contributed by atoms with E-state index in [0.717, 1.165) is 27.6 Å². The Labute approximate surface area is 168 Å². The number of aromatic nitrogens is 2. The summed E-state index contributed by atoms with van der Waals surface area (Å²) in [5.74, 6) is 0.453. The Hall–Kier alpha value is -2.70. The standard InChI is InChI=1S/C21H21ClN4O2/c1-3-26(12(2)14-5-7-19(22)24-9-14)21(27)13-4-6-18-15(8-13)16-10-28-11-17(16)20(23)25-18/h4-9,12H,3,10-11H2,1-2H3,(H2,23,25). The Bertz CT molecular complexity index is 1050. The third kappa shape index (κ3) is 3.19. The minimum Gasteiger partial charge on any atom is -0.383 e. The third-order valence-corrected chi connectivity index (χ3v) is 5.50. The van der Waals surface area contributed by atoms with Crippen molar-refractivity contribution in [1.82, 2.24) is 14.9 Å². The predicted molar refractivity (Wildman–Crippen MR) is 109 cm³/mol. The number of pyridine rings is 2. The van der Waals surface area contributed by atoms with E-state index in [1.807, 2.05) is 36.9 Å². The summed E-state index contributed by atoms with van der Waals surface area (Å²) in [6.07, 6.45) is 1.71. The number of nitrogens with zero attached hydrogens (tertiary/aromatic N) is 3. The fourth-order valence-corrected chi connectivity index (χ4v) is 3.79. The van der Waals surface area contributed by atoms with Crippen LogP contribution in [0.1, 0.15) is 46.9 Å². The lowest BCUT2D eigenvalue weighted by Gasteiger charge is -2.28. The number of nitrogen functional groups attached to an aromatic ring is 1. The van der Waals surface area contributed by atoms with E-state index in [9.17, 15) is 4.79 Å². The van der Waals surface area contributed by atoms with Gasteiger partial charge in [0, 0.05) is 29.3 Å². The zero-order valence-corrected chi connectivity index (χ0v) is 16.5. The SMILES string of the molecule is CCN(C(=O)c1ccc2nc(N)c3c(c2c1)COC3)C(C)c1ccc(Cl)nc1. The van der Waals surface area contributed by atoms with Crippen LogP contribution >= 0.6 is 11.6 Å². The number of amides is 1. The van der Waals surface area contributed by atoms with Gasteiger partial charge >= 0.3 is 0 Å². The van der Waals surface area contributed by atoms with Crippen molar-refractivity contribution in [3.8, 4) is 0 Å². The van der Waals surface area contributed by atoms with Crippen molar-refractivity contribution >= 4 is 34.2 Å². The van der Waals surface area contributed by atoms with E-state index < -0.39 is 0 Å². The van der Waals surface area contributed by atoms with Crippen LogP contribution in [0.15, 0.2) is 36.5 Å². The minimum absolute atomic E-state index is 0.0451. The zero-order valence-electron chi connectivity index (χ0n) is 15.8. The second kappa shape index (κ2) is 7.37. The van der Waals surface area contributed by atoms with Crippen molar-refractivity contribution in [2.45, 2.75) is 33.1 Å². The number of rotatable bonds is 4. The van der Waals surface area contributed by atoms with Gasteiger partial charge in [0.25, 0.3) is 5.91 Å². The molecular formula is C21H21ClN4O2. The summed E-state index contributed by atoms with van der Waals surface area (Å²) in [5, 5.41) is 1.35. The molecule has 2 aromatic heterocycles. The summed E-state index contributed by atoms with van der Waals surface area (Å²) < 4.78 is 5.55. The van der Waals surface area contributed by atoms with E-state index in [0.29, 0.717) is 36.3 Å². The summed E-state index contributed by atoms with van der Waals surface area (Å²) in [4.78, 5) is 23.7. The van der Waals surface area contributed by atoms with Gasteiger partial charge in [-0.25, -0.2) is 9.97 Å². The van der Waals surface area contributed by atoms with Gasteiger partial charge in [0.05, 0.1) is 24.8 Å². The van der Waals surface area contributed by atoms with Crippen molar-refractivity contribution in [3.05, 3.63) is 63.9 Å². The molecule has 6 nitrogen and oxygen atoms in total. The molecular weight excluding hydrogens is 376 g/mol. The highest BCUT2D eigenvalue weighted by Crippen LogP contribution is 2.32. The quantitative estimate of drug-likeness (QED) is 0.671. The second-order valence-electron chi connectivity index (χ2n) is 6.86. The maximum Gasteiger partial charge on any atom is 0.254 e. The van der Waals surface area contributed by atoms with Crippen LogP contribution in [0, 0.1) is 0 Å². The van der Waals surface area contributed by atoms with Crippen molar-refractivity contribution in [2.24, 2.45) is 0 Å². The molecule has 0 saturated heterocycles. The zero-order chi connectivity index (χ0) is 19.8. The first-order chi connectivity index (χ1) is 13.5. The molecule has 1 aliphatic heterocycles. The number of benzene rings is 1. The first-order valence-corrected chi connectivity index (χ1v) is 9.58. The van der Waals surface area contributed by atoms with Crippen molar-refractivity contribution in [2.75, 3.05) is 12.3 Å². The van der Waals surface area contributed by atoms with Gasteiger partial charge in [-0.05, 0) is 49.2 Å². The summed E-state index contributed by atoms with van der Waals surface area (Å²) in [7, 11) is 0. The van der Waals surface area contributed by atoms with Crippen LogP contribution in [0.5, 0.6) is 0 Å². The van der Waals surface area contributed by atoms with Gasteiger partial charge in [0.1, 0.15) is 11.0 Å². The molecule has 4 rings (SSSR count). The molecule has 1 unspecified atom stereocenters. The molecule has 144 valence electrons. The van der Waals surface area contributed by atoms with Crippen LogP contribution in [0.3, 0.4) is 0 Å². The Morgan fingerprint density at radius 3 is 2.79 bits per heavy atom. The maximum absolute atomic E-state index is 13.3. The average molecular weight is 397 g/mol. The Morgan fingerprint density at radius 1 is 1.29 bits per heavy atom. The Kier molecular flexibility index (Phi) is 4.91. The first kappa shape index (κ1) is 18.7. The number of hydrogen-bond donors (Lipinski definition) is 1. The number of nitrogens with two attached hydrogens (primary N) is 1. The lowest BCUT2D eigenvalue weighted by Crippen LogP contribution is -2.33. The van der Waals surface area contributed by atoms with Crippen molar-refractivity contribution < 1.29 is 9.53 Å². The molecule has 0 saturated carbocycles. The van der Waals surface area contributed by atoms with Crippen LogP contribution in [-0.4, -0.2) is 27.3 Å². The molecule has 3 aromatic rings. The number of anilines is 1. The van der Waals surface area contributed by atoms with Crippen LogP contribution in [0.4, 0.5) is 5.82 Å². The summed E-state index contributed by atoms with van der Waals surface area (Å²) in [6.45, 7) is 5.47. The fourth-order valence-electron chi connectivity index (χ4n) is 3.68. The van der Waals surface area contributed by atoms with Gasteiger partial charge in [0.15, 0.2) is 0 Å².